The average Bonchev–Trinajstić information content (AvgIpc) is 2.99. The van der Waals surface area contributed by atoms with Gasteiger partial charge in [-0.3, -0.25) is 19.9 Å². The van der Waals surface area contributed by atoms with Crippen molar-refractivity contribution in [1.82, 2.24) is 29.9 Å². The van der Waals surface area contributed by atoms with Gasteiger partial charge in [0.2, 0.25) is 0 Å². The molecule has 1 radical (unpaired) electrons. The van der Waals surface area contributed by atoms with Gasteiger partial charge in [0, 0.05) is 24.8 Å². The van der Waals surface area contributed by atoms with Crippen molar-refractivity contribution in [3.63, 3.8) is 0 Å². The average molecular weight is 554 g/mol. The molecule has 0 aliphatic carbocycles. The van der Waals surface area contributed by atoms with Gasteiger partial charge in [0.25, 0.3) is 0 Å². The third-order valence-electron chi connectivity index (χ3n) is 5.65. The van der Waals surface area contributed by atoms with Gasteiger partial charge in [-0.2, -0.15) is 0 Å². The summed E-state index contributed by atoms with van der Waals surface area (Å²) in [5, 5.41) is 0. The van der Waals surface area contributed by atoms with E-state index in [9.17, 15) is 0 Å². The van der Waals surface area contributed by atoms with Gasteiger partial charge in [-0.15, -0.1) is 0 Å². The minimum Gasteiger partial charge on any atom is -0.255 e. The van der Waals surface area contributed by atoms with Crippen LogP contribution in [0.2, 0.25) is 0 Å². The second-order valence-electron chi connectivity index (χ2n) is 8.69. The fourth-order valence-electron chi connectivity index (χ4n) is 3.92. The third kappa shape index (κ3) is 7.25. The normalized spacial score (nSPS) is 10.1. The molecule has 0 unspecified atom stereocenters. The van der Waals surface area contributed by atoms with Gasteiger partial charge in [-0.25, -0.2) is 9.97 Å². The van der Waals surface area contributed by atoms with Crippen LogP contribution < -0.4 is 0 Å². The Balaban J connectivity index is 0.000000176. The van der Waals surface area contributed by atoms with Gasteiger partial charge in [0.1, 0.15) is 0 Å². The van der Waals surface area contributed by atoms with E-state index in [0.717, 1.165) is 56.7 Å². The fraction of sp³-hybridized carbons (Fsp3) is 0.0625. The summed E-state index contributed by atoms with van der Waals surface area (Å²) in [7, 11) is 0. The van der Waals surface area contributed by atoms with Gasteiger partial charge in [0.05, 0.1) is 45.6 Å². The molecular weight excluding hydrogens is 527 g/mol. The zero-order chi connectivity index (χ0) is 26.2. The number of hydrogen-bond donors (Lipinski definition) is 0. The Hall–Kier alpha value is -4.59. The summed E-state index contributed by atoms with van der Waals surface area (Å²) in [6, 6.07) is 31.5. The van der Waals surface area contributed by atoms with E-state index in [1.807, 2.05) is 97.1 Å². The first-order valence-corrected chi connectivity index (χ1v) is 12.3. The summed E-state index contributed by atoms with van der Waals surface area (Å²) in [5.41, 5.74) is 9.32. The summed E-state index contributed by atoms with van der Waals surface area (Å²) in [5.74, 6) is 0. The summed E-state index contributed by atoms with van der Waals surface area (Å²) in [6.07, 6.45) is 7.11. The minimum absolute atomic E-state index is 0. The molecule has 0 saturated carbocycles. The van der Waals surface area contributed by atoms with Crippen LogP contribution >= 0.6 is 0 Å². The van der Waals surface area contributed by atoms with E-state index in [2.05, 4.69) is 43.8 Å². The van der Waals surface area contributed by atoms with Crippen LogP contribution in [0, 0.1) is 13.8 Å². The molecule has 6 aromatic heterocycles. The van der Waals surface area contributed by atoms with Crippen LogP contribution in [0.25, 0.3) is 45.6 Å². The second-order valence-corrected chi connectivity index (χ2v) is 8.69. The summed E-state index contributed by atoms with van der Waals surface area (Å²) < 4.78 is 0. The van der Waals surface area contributed by atoms with E-state index in [-0.39, 0.29) is 16.8 Å². The van der Waals surface area contributed by atoms with E-state index >= 15 is 0 Å². The number of hydrogen-bond acceptors (Lipinski definition) is 6. The van der Waals surface area contributed by atoms with E-state index in [1.165, 1.54) is 0 Å². The van der Waals surface area contributed by atoms with Crippen LogP contribution in [0.15, 0.2) is 122 Å². The van der Waals surface area contributed by atoms with E-state index in [4.69, 9.17) is 0 Å². The molecule has 0 aliphatic heterocycles. The summed E-state index contributed by atoms with van der Waals surface area (Å²) >= 11 is 0. The molecule has 0 fully saturated rings. The standard InChI is InChI=1S/2C16H13N3.Co/c2*1-12-10-15(13-6-2-4-8-17-13)19-16(11-12)14-7-3-5-9-18-14;/h2*2-11H,1H3;/q;;+2. The quantitative estimate of drug-likeness (QED) is 0.233. The molecule has 6 nitrogen and oxygen atoms in total. The molecule has 0 amide bonds. The van der Waals surface area contributed by atoms with E-state index in [1.54, 1.807) is 24.8 Å². The molecule has 0 bridgehead atoms. The van der Waals surface area contributed by atoms with Gasteiger partial charge in [-0.05, 0) is 97.8 Å². The van der Waals surface area contributed by atoms with Crippen LogP contribution in [0.1, 0.15) is 11.1 Å². The van der Waals surface area contributed by atoms with Crippen molar-refractivity contribution in [1.29, 1.82) is 0 Å². The first-order chi connectivity index (χ1) is 18.7. The van der Waals surface area contributed by atoms with Crippen molar-refractivity contribution >= 4 is 0 Å². The Bertz CT molecular complexity index is 1370. The Morgan fingerprint density at radius 1 is 0.359 bits per heavy atom. The van der Waals surface area contributed by atoms with Gasteiger partial charge < -0.3 is 0 Å². The Labute approximate surface area is 238 Å². The van der Waals surface area contributed by atoms with Crippen LogP contribution in [-0.4, -0.2) is 29.9 Å². The first-order valence-electron chi connectivity index (χ1n) is 12.3. The van der Waals surface area contributed by atoms with Crippen molar-refractivity contribution in [2.24, 2.45) is 0 Å². The molecule has 7 heteroatoms. The minimum atomic E-state index is 0. The molecule has 6 aromatic rings. The smallest absolute Gasteiger partial charge is 0.255 e. The number of aryl methyl sites for hydroxylation is 2. The van der Waals surface area contributed by atoms with Gasteiger partial charge in [0.15, 0.2) is 0 Å². The molecule has 191 valence electrons. The van der Waals surface area contributed by atoms with Crippen LogP contribution in [0.3, 0.4) is 0 Å². The monoisotopic (exact) mass is 553 g/mol. The summed E-state index contributed by atoms with van der Waals surface area (Å²) in [6.45, 7) is 4.11. The molecular formula is C32H26CoN6+2. The SMILES string of the molecule is Cc1cc(-c2ccccn2)nc(-c2ccccn2)c1.Cc1cc(-c2ccccn2)nc(-c2ccccn2)c1.[Co+2]. The maximum atomic E-state index is 4.65. The fourth-order valence-corrected chi connectivity index (χ4v) is 3.92. The second kappa shape index (κ2) is 13.3. The molecule has 39 heavy (non-hydrogen) atoms. The van der Waals surface area contributed by atoms with Crippen molar-refractivity contribution in [2.75, 3.05) is 0 Å². The van der Waals surface area contributed by atoms with Crippen molar-refractivity contribution in [2.45, 2.75) is 13.8 Å². The van der Waals surface area contributed by atoms with Crippen LogP contribution in [0.5, 0.6) is 0 Å². The number of rotatable bonds is 4. The van der Waals surface area contributed by atoms with E-state index in [0.29, 0.717) is 0 Å². The number of nitrogens with zero attached hydrogens (tertiary/aromatic N) is 6. The zero-order valence-electron chi connectivity index (χ0n) is 21.6. The maximum Gasteiger partial charge on any atom is 2.00 e. The molecule has 6 heterocycles. The summed E-state index contributed by atoms with van der Waals surface area (Å²) in [4.78, 5) is 26.7. The van der Waals surface area contributed by atoms with Crippen LogP contribution in [0.4, 0.5) is 0 Å². The molecule has 0 aromatic carbocycles. The predicted molar refractivity (Wildman–Crippen MR) is 151 cm³/mol. The molecule has 0 spiro atoms. The third-order valence-corrected chi connectivity index (χ3v) is 5.65. The Kier molecular flexibility index (Phi) is 9.34. The molecule has 0 aliphatic rings. The number of aromatic nitrogens is 6. The first kappa shape index (κ1) is 27.4. The van der Waals surface area contributed by atoms with Crippen molar-refractivity contribution in [3.05, 3.63) is 133 Å². The van der Waals surface area contributed by atoms with Crippen molar-refractivity contribution in [3.8, 4) is 45.6 Å². The topological polar surface area (TPSA) is 77.3 Å². The predicted octanol–water partition coefficient (Wildman–Crippen LogP) is 7.03. The van der Waals surface area contributed by atoms with Gasteiger partial charge >= 0.3 is 16.8 Å². The number of pyridine rings is 6. The molecule has 0 atom stereocenters. The maximum absolute atomic E-state index is 4.65. The van der Waals surface area contributed by atoms with Crippen molar-refractivity contribution < 1.29 is 16.8 Å². The van der Waals surface area contributed by atoms with Crippen LogP contribution in [-0.2, 0) is 16.8 Å². The molecule has 0 N–H and O–H groups in total. The largest absolute Gasteiger partial charge is 2.00 e. The zero-order valence-corrected chi connectivity index (χ0v) is 22.6. The van der Waals surface area contributed by atoms with Gasteiger partial charge in [-0.1, -0.05) is 24.3 Å². The molecule has 6 rings (SSSR count). The van der Waals surface area contributed by atoms with E-state index < -0.39 is 0 Å². The Morgan fingerprint density at radius 2 is 0.615 bits per heavy atom. The molecule has 0 saturated heterocycles. The Morgan fingerprint density at radius 3 is 0.821 bits per heavy atom.